The monoisotopic (exact) mass is 340 g/mol. The molecule has 0 aliphatic heterocycles. The molecule has 0 saturated carbocycles. The van der Waals surface area contributed by atoms with Crippen molar-refractivity contribution in [3.05, 3.63) is 45.7 Å². The third-order valence-electron chi connectivity index (χ3n) is 4.18. The van der Waals surface area contributed by atoms with Crippen molar-refractivity contribution >= 4 is 28.3 Å². The van der Waals surface area contributed by atoms with Gasteiger partial charge < -0.3 is 9.73 Å². The van der Waals surface area contributed by atoms with Gasteiger partial charge in [-0.1, -0.05) is 12.8 Å². The van der Waals surface area contributed by atoms with Crippen molar-refractivity contribution in [3.8, 4) is 6.07 Å². The van der Waals surface area contributed by atoms with Crippen molar-refractivity contribution in [1.82, 2.24) is 0 Å². The van der Waals surface area contributed by atoms with Gasteiger partial charge in [0.05, 0.1) is 5.56 Å². The number of furan rings is 1. The number of rotatable bonds is 3. The maximum absolute atomic E-state index is 12.2. The standard InChI is InChI=1S/C19H20N2O2S/c1-13-8-9-14(23-13)10-11-18(22)21-19-16(12-20)15-6-4-2-3-5-7-17(15)24-19/h8-11H,2-7H2,1H3,(H,21,22). The van der Waals surface area contributed by atoms with Gasteiger partial charge in [-0.2, -0.15) is 5.26 Å². The lowest BCUT2D eigenvalue weighted by atomic mass is 9.97. The van der Waals surface area contributed by atoms with E-state index < -0.39 is 0 Å². The van der Waals surface area contributed by atoms with Crippen LogP contribution in [0.5, 0.6) is 0 Å². The van der Waals surface area contributed by atoms with Crippen molar-refractivity contribution in [2.45, 2.75) is 45.4 Å². The number of anilines is 1. The topological polar surface area (TPSA) is 66.0 Å². The molecule has 0 unspecified atom stereocenters. The molecule has 0 fully saturated rings. The molecule has 2 heterocycles. The molecule has 1 amide bonds. The Kier molecular flexibility index (Phi) is 5.17. The molecule has 1 N–H and O–H groups in total. The fourth-order valence-corrected chi connectivity index (χ4v) is 4.22. The van der Waals surface area contributed by atoms with Gasteiger partial charge in [0, 0.05) is 11.0 Å². The van der Waals surface area contributed by atoms with E-state index in [1.807, 2.05) is 19.1 Å². The lowest BCUT2D eigenvalue weighted by Gasteiger charge is -2.08. The number of hydrogen-bond donors (Lipinski definition) is 1. The first-order valence-electron chi connectivity index (χ1n) is 8.27. The highest BCUT2D eigenvalue weighted by Gasteiger charge is 2.19. The molecule has 3 rings (SSSR count). The quantitative estimate of drug-likeness (QED) is 0.814. The van der Waals surface area contributed by atoms with Crippen LogP contribution in [0, 0.1) is 18.3 Å². The molecule has 124 valence electrons. The first kappa shape index (κ1) is 16.5. The number of aryl methyl sites for hydroxylation is 2. The third-order valence-corrected chi connectivity index (χ3v) is 5.39. The van der Waals surface area contributed by atoms with E-state index in [1.54, 1.807) is 17.4 Å². The maximum Gasteiger partial charge on any atom is 0.249 e. The Labute approximate surface area is 145 Å². The first-order valence-corrected chi connectivity index (χ1v) is 9.09. The second-order valence-corrected chi connectivity index (χ2v) is 7.11. The van der Waals surface area contributed by atoms with Crippen LogP contribution in [-0.4, -0.2) is 5.91 Å². The summed E-state index contributed by atoms with van der Waals surface area (Å²) in [5.41, 5.74) is 1.79. The normalized spacial score (nSPS) is 14.7. The van der Waals surface area contributed by atoms with E-state index in [0.29, 0.717) is 16.3 Å². The molecule has 0 aromatic carbocycles. The van der Waals surface area contributed by atoms with Gasteiger partial charge in [-0.25, -0.2) is 0 Å². The summed E-state index contributed by atoms with van der Waals surface area (Å²) in [4.78, 5) is 13.4. The van der Waals surface area contributed by atoms with Gasteiger partial charge in [-0.3, -0.25) is 4.79 Å². The van der Waals surface area contributed by atoms with E-state index in [4.69, 9.17) is 4.42 Å². The van der Waals surface area contributed by atoms with Crippen molar-refractivity contribution in [2.24, 2.45) is 0 Å². The largest absolute Gasteiger partial charge is 0.462 e. The van der Waals surface area contributed by atoms with Gasteiger partial charge >= 0.3 is 0 Å². The molecule has 1 aliphatic carbocycles. The van der Waals surface area contributed by atoms with Gasteiger partial charge in [0.15, 0.2) is 0 Å². The Balaban J connectivity index is 1.77. The number of nitrogens with one attached hydrogen (secondary N) is 1. The predicted molar refractivity (Wildman–Crippen MR) is 96.0 cm³/mol. The van der Waals surface area contributed by atoms with E-state index in [2.05, 4.69) is 11.4 Å². The van der Waals surface area contributed by atoms with E-state index in [1.165, 1.54) is 23.8 Å². The van der Waals surface area contributed by atoms with Crippen molar-refractivity contribution in [1.29, 1.82) is 5.26 Å². The van der Waals surface area contributed by atoms with Crippen LogP contribution in [-0.2, 0) is 17.6 Å². The van der Waals surface area contributed by atoms with Gasteiger partial charge in [0.25, 0.3) is 0 Å². The number of carbonyl (C=O) groups is 1. The number of carbonyl (C=O) groups excluding carboxylic acids is 1. The molecule has 2 aromatic rings. The summed E-state index contributed by atoms with van der Waals surface area (Å²) in [5, 5.41) is 13.1. The fourth-order valence-electron chi connectivity index (χ4n) is 2.98. The summed E-state index contributed by atoms with van der Waals surface area (Å²) in [5.74, 6) is 1.20. The van der Waals surface area contributed by atoms with Gasteiger partial charge in [0.2, 0.25) is 5.91 Å². The van der Waals surface area contributed by atoms with Crippen molar-refractivity contribution in [3.63, 3.8) is 0 Å². The summed E-state index contributed by atoms with van der Waals surface area (Å²) in [6, 6.07) is 5.96. The SMILES string of the molecule is Cc1ccc(C=CC(=O)Nc2sc3c(c2C#N)CCCCCC3)o1. The average Bonchev–Trinajstić information content (AvgIpc) is 3.09. The zero-order valence-corrected chi connectivity index (χ0v) is 14.5. The summed E-state index contributed by atoms with van der Waals surface area (Å²) in [7, 11) is 0. The molecular weight excluding hydrogens is 320 g/mol. The molecule has 0 spiro atoms. The van der Waals surface area contributed by atoms with E-state index in [9.17, 15) is 10.1 Å². The number of nitrogens with zero attached hydrogens (tertiary/aromatic N) is 1. The summed E-state index contributed by atoms with van der Waals surface area (Å²) in [6.07, 6.45) is 9.75. The second kappa shape index (κ2) is 7.50. The molecule has 0 atom stereocenters. The molecule has 0 saturated heterocycles. The zero-order valence-electron chi connectivity index (χ0n) is 13.7. The van der Waals surface area contributed by atoms with E-state index in [0.717, 1.165) is 37.0 Å². The minimum Gasteiger partial charge on any atom is -0.462 e. The van der Waals surface area contributed by atoms with Crippen LogP contribution in [0.1, 0.15) is 53.2 Å². The van der Waals surface area contributed by atoms with Crippen molar-refractivity contribution in [2.75, 3.05) is 5.32 Å². The average molecular weight is 340 g/mol. The number of fused-ring (bicyclic) bond motifs is 1. The molecule has 0 radical (unpaired) electrons. The van der Waals surface area contributed by atoms with Crippen LogP contribution >= 0.6 is 11.3 Å². The van der Waals surface area contributed by atoms with Crippen LogP contribution in [0.2, 0.25) is 0 Å². The highest BCUT2D eigenvalue weighted by atomic mass is 32.1. The molecule has 24 heavy (non-hydrogen) atoms. The van der Waals surface area contributed by atoms with Gasteiger partial charge in [-0.15, -0.1) is 11.3 Å². The highest BCUT2D eigenvalue weighted by molar-refractivity contribution is 7.16. The number of thiophene rings is 1. The Morgan fingerprint density at radius 1 is 1.29 bits per heavy atom. The Bertz CT molecular complexity index is 808. The Morgan fingerprint density at radius 3 is 2.79 bits per heavy atom. The second-order valence-electron chi connectivity index (χ2n) is 6.00. The highest BCUT2D eigenvalue weighted by Crippen LogP contribution is 2.36. The van der Waals surface area contributed by atoms with Gasteiger partial charge in [-0.05, 0) is 56.4 Å². The van der Waals surface area contributed by atoms with Gasteiger partial charge in [0.1, 0.15) is 22.6 Å². The lowest BCUT2D eigenvalue weighted by molar-refractivity contribution is -0.111. The number of hydrogen-bond acceptors (Lipinski definition) is 4. The molecule has 1 aliphatic rings. The predicted octanol–water partition coefficient (Wildman–Crippen LogP) is 4.83. The third kappa shape index (κ3) is 3.77. The Hall–Kier alpha value is -2.32. The molecule has 4 nitrogen and oxygen atoms in total. The first-order chi connectivity index (χ1) is 11.7. The van der Waals surface area contributed by atoms with Crippen LogP contribution in [0.25, 0.3) is 6.08 Å². The zero-order chi connectivity index (χ0) is 16.9. The fraction of sp³-hybridized carbons (Fsp3) is 0.368. The summed E-state index contributed by atoms with van der Waals surface area (Å²) in [6.45, 7) is 1.86. The number of nitriles is 1. The minimum absolute atomic E-state index is 0.241. The van der Waals surface area contributed by atoms with Crippen LogP contribution in [0.3, 0.4) is 0 Å². The molecular formula is C19H20N2O2S. The molecule has 5 heteroatoms. The van der Waals surface area contributed by atoms with Crippen LogP contribution in [0.15, 0.2) is 22.6 Å². The summed E-state index contributed by atoms with van der Waals surface area (Å²) >= 11 is 1.55. The summed E-state index contributed by atoms with van der Waals surface area (Å²) < 4.78 is 5.41. The minimum atomic E-state index is -0.241. The Morgan fingerprint density at radius 2 is 2.08 bits per heavy atom. The van der Waals surface area contributed by atoms with E-state index in [-0.39, 0.29) is 5.91 Å². The van der Waals surface area contributed by atoms with E-state index >= 15 is 0 Å². The number of amides is 1. The molecule has 2 aromatic heterocycles. The lowest BCUT2D eigenvalue weighted by Crippen LogP contribution is -2.07. The van der Waals surface area contributed by atoms with Crippen LogP contribution < -0.4 is 5.32 Å². The van der Waals surface area contributed by atoms with Crippen molar-refractivity contribution < 1.29 is 9.21 Å². The van der Waals surface area contributed by atoms with Crippen LogP contribution in [0.4, 0.5) is 5.00 Å². The molecule has 0 bridgehead atoms. The smallest absolute Gasteiger partial charge is 0.249 e. The maximum atomic E-state index is 12.2.